The molecule has 2 aliphatic rings. The molecule has 2 aliphatic heterocycles. The van der Waals surface area contributed by atoms with Gasteiger partial charge < -0.3 is 0 Å². The smallest absolute Gasteiger partial charge is 0.0315 e. The van der Waals surface area contributed by atoms with E-state index in [9.17, 15) is 0 Å². The minimum Gasteiger partial charge on any atom is -0.296 e. The summed E-state index contributed by atoms with van der Waals surface area (Å²) in [7, 11) is 0. The summed E-state index contributed by atoms with van der Waals surface area (Å²) in [6, 6.07) is 25.4. The monoisotopic (exact) mass is 397 g/mol. The van der Waals surface area contributed by atoms with Crippen molar-refractivity contribution in [3.63, 3.8) is 0 Å². The van der Waals surface area contributed by atoms with E-state index in [4.69, 9.17) is 0 Å². The molecule has 0 amide bonds. The van der Waals surface area contributed by atoms with Gasteiger partial charge in [-0.2, -0.15) is 0 Å². The molecular formula is C27H31N3. The Balaban J connectivity index is 1.32. The maximum Gasteiger partial charge on any atom is 0.0315 e. The Morgan fingerprint density at radius 2 is 1.60 bits per heavy atom. The number of hydrogen-bond donors (Lipinski definition) is 0. The first-order chi connectivity index (χ1) is 14.8. The van der Waals surface area contributed by atoms with Crippen LogP contribution < -0.4 is 0 Å². The summed E-state index contributed by atoms with van der Waals surface area (Å²) >= 11 is 0. The minimum absolute atomic E-state index is 0.585. The van der Waals surface area contributed by atoms with Gasteiger partial charge in [-0.05, 0) is 54.0 Å². The number of likely N-dealkylation sites (tertiary alicyclic amines) is 1. The third kappa shape index (κ3) is 4.48. The molecule has 0 aliphatic carbocycles. The van der Waals surface area contributed by atoms with Crippen LogP contribution in [-0.4, -0.2) is 40.0 Å². The number of rotatable bonds is 5. The molecule has 0 radical (unpaired) electrons. The Labute approximate surface area is 180 Å². The summed E-state index contributed by atoms with van der Waals surface area (Å²) in [4.78, 5) is 9.82. The van der Waals surface area contributed by atoms with Crippen LogP contribution in [0.4, 0.5) is 0 Å². The van der Waals surface area contributed by atoms with Crippen molar-refractivity contribution >= 4 is 0 Å². The number of nitrogens with zero attached hydrogens (tertiary/aromatic N) is 3. The molecule has 1 fully saturated rings. The first kappa shape index (κ1) is 19.5. The number of benzene rings is 2. The largest absolute Gasteiger partial charge is 0.296 e. The Kier molecular flexibility index (Phi) is 5.91. The fourth-order valence-corrected chi connectivity index (χ4v) is 5.25. The first-order valence-electron chi connectivity index (χ1n) is 11.3. The molecule has 3 heterocycles. The first-order valence-corrected chi connectivity index (χ1v) is 11.3. The fourth-order valence-electron chi connectivity index (χ4n) is 5.25. The van der Waals surface area contributed by atoms with Gasteiger partial charge in [0.25, 0.3) is 0 Å². The maximum atomic E-state index is 4.37. The second-order valence-electron chi connectivity index (χ2n) is 8.84. The molecule has 2 aromatic carbocycles. The van der Waals surface area contributed by atoms with Crippen molar-refractivity contribution in [3.8, 4) is 0 Å². The van der Waals surface area contributed by atoms with Crippen LogP contribution in [0.3, 0.4) is 0 Å². The maximum absolute atomic E-state index is 4.37. The molecule has 3 heteroatoms. The highest BCUT2D eigenvalue weighted by Crippen LogP contribution is 2.29. The van der Waals surface area contributed by atoms with Crippen LogP contribution in [0.25, 0.3) is 0 Å². The average Bonchev–Trinajstić information content (AvgIpc) is 2.81. The lowest BCUT2D eigenvalue weighted by molar-refractivity contribution is 0.0532. The highest BCUT2D eigenvalue weighted by atomic mass is 15.2. The molecule has 1 aromatic heterocycles. The highest BCUT2D eigenvalue weighted by Gasteiger charge is 2.33. The molecule has 2 atom stereocenters. The molecule has 154 valence electrons. The quantitative estimate of drug-likeness (QED) is 0.621. The summed E-state index contributed by atoms with van der Waals surface area (Å²) < 4.78 is 0. The van der Waals surface area contributed by atoms with Gasteiger partial charge in [0.1, 0.15) is 0 Å². The van der Waals surface area contributed by atoms with Gasteiger partial charge in [0.15, 0.2) is 0 Å². The molecule has 0 N–H and O–H groups in total. The van der Waals surface area contributed by atoms with Crippen LogP contribution in [0.2, 0.25) is 0 Å². The van der Waals surface area contributed by atoms with E-state index in [1.165, 1.54) is 48.2 Å². The third-order valence-electron chi connectivity index (χ3n) is 6.92. The van der Waals surface area contributed by atoms with Gasteiger partial charge in [0.05, 0.1) is 0 Å². The molecule has 1 saturated heterocycles. The van der Waals surface area contributed by atoms with Crippen LogP contribution >= 0.6 is 0 Å². The SMILES string of the molecule is c1ccc(CC2CC(N3CCc4ccncc4C3)CCN2Cc2ccccc2)cc1. The normalized spacial score (nSPS) is 22.5. The molecule has 5 rings (SSSR count). The minimum atomic E-state index is 0.585. The van der Waals surface area contributed by atoms with Crippen molar-refractivity contribution in [2.75, 3.05) is 13.1 Å². The van der Waals surface area contributed by atoms with Gasteiger partial charge in [-0.15, -0.1) is 0 Å². The zero-order valence-corrected chi connectivity index (χ0v) is 17.7. The van der Waals surface area contributed by atoms with Crippen LogP contribution in [0, 0.1) is 0 Å². The molecule has 2 unspecified atom stereocenters. The van der Waals surface area contributed by atoms with Crippen molar-refractivity contribution in [1.29, 1.82) is 0 Å². The Hall–Kier alpha value is -2.49. The van der Waals surface area contributed by atoms with Gasteiger partial charge in [0, 0.05) is 50.7 Å². The van der Waals surface area contributed by atoms with Crippen molar-refractivity contribution in [2.45, 2.75) is 50.9 Å². The van der Waals surface area contributed by atoms with E-state index in [0.29, 0.717) is 12.1 Å². The van der Waals surface area contributed by atoms with Gasteiger partial charge >= 0.3 is 0 Å². The van der Waals surface area contributed by atoms with Gasteiger partial charge in [-0.25, -0.2) is 0 Å². The summed E-state index contributed by atoms with van der Waals surface area (Å²) in [5, 5.41) is 0. The lowest BCUT2D eigenvalue weighted by Crippen LogP contribution is -2.51. The van der Waals surface area contributed by atoms with Crippen molar-refractivity contribution in [2.24, 2.45) is 0 Å². The van der Waals surface area contributed by atoms with Crippen LogP contribution in [-0.2, 0) is 25.9 Å². The Morgan fingerprint density at radius 1 is 0.833 bits per heavy atom. The van der Waals surface area contributed by atoms with E-state index in [1.807, 2.05) is 6.20 Å². The summed E-state index contributed by atoms with van der Waals surface area (Å²) in [5.74, 6) is 0. The van der Waals surface area contributed by atoms with Gasteiger partial charge in [-0.1, -0.05) is 60.7 Å². The number of aromatic nitrogens is 1. The molecule has 30 heavy (non-hydrogen) atoms. The van der Waals surface area contributed by atoms with Gasteiger partial charge in [-0.3, -0.25) is 14.8 Å². The zero-order valence-electron chi connectivity index (χ0n) is 17.7. The Bertz CT molecular complexity index is 941. The molecule has 0 saturated carbocycles. The predicted octanol–water partition coefficient (Wildman–Crippen LogP) is 4.72. The van der Waals surface area contributed by atoms with Crippen molar-refractivity contribution in [1.82, 2.24) is 14.8 Å². The second kappa shape index (κ2) is 9.11. The molecule has 3 aromatic rings. The fraction of sp³-hybridized carbons (Fsp3) is 0.370. The predicted molar refractivity (Wildman–Crippen MR) is 122 cm³/mol. The molecule has 3 nitrogen and oxygen atoms in total. The number of fused-ring (bicyclic) bond motifs is 1. The van der Waals surface area contributed by atoms with E-state index in [0.717, 1.165) is 25.9 Å². The third-order valence-corrected chi connectivity index (χ3v) is 6.92. The average molecular weight is 398 g/mol. The van der Waals surface area contributed by atoms with E-state index in [-0.39, 0.29) is 0 Å². The standard InChI is InChI=1S/C27H31N3/c1-3-7-22(8-4-1)17-27-18-26(13-16-29(27)20-23-9-5-2-6-10-23)30-15-12-24-11-14-28-19-25(24)21-30/h1-11,14,19,26-27H,12-13,15-18,20-21H2. The van der Waals surface area contributed by atoms with Crippen molar-refractivity contribution < 1.29 is 0 Å². The molecular weight excluding hydrogens is 366 g/mol. The van der Waals surface area contributed by atoms with Crippen LogP contribution in [0.15, 0.2) is 79.1 Å². The lowest BCUT2D eigenvalue weighted by atomic mass is 9.89. The van der Waals surface area contributed by atoms with E-state index in [1.54, 1.807) is 0 Å². The molecule has 0 bridgehead atoms. The van der Waals surface area contributed by atoms with Crippen LogP contribution in [0.1, 0.15) is 35.1 Å². The zero-order chi connectivity index (χ0) is 20.2. The summed E-state index contributed by atoms with van der Waals surface area (Å²) in [6.45, 7) is 4.47. The Morgan fingerprint density at radius 3 is 2.40 bits per heavy atom. The van der Waals surface area contributed by atoms with E-state index in [2.05, 4.69) is 87.7 Å². The lowest BCUT2D eigenvalue weighted by Gasteiger charge is -2.45. The summed E-state index contributed by atoms with van der Waals surface area (Å²) in [6.07, 6.45) is 8.81. The highest BCUT2D eigenvalue weighted by molar-refractivity contribution is 5.26. The second-order valence-corrected chi connectivity index (χ2v) is 8.84. The number of hydrogen-bond acceptors (Lipinski definition) is 3. The number of pyridine rings is 1. The molecule has 0 spiro atoms. The van der Waals surface area contributed by atoms with E-state index >= 15 is 0 Å². The number of piperidine rings is 1. The van der Waals surface area contributed by atoms with Gasteiger partial charge in [0.2, 0.25) is 0 Å². The summed E-state index contributed by atoms with van der Waals surface area (Å²) in [5.41, 5.74) is 5.79. The van der Waals surface area contributed by atoms with Crippen molar-refractivity contribution in [3.05, 3.63) is 101 Å². The van der Waals surface area contributed by atoms with E-state index < -0.39 is 0 Å². The topological polar surface area (TPSA) is 19.4 Å². The van der Waals surface area contributed by atoms with Crippen LogP contribution in [0.5, 0.6) is 0 Å².